The van der Waals surface area contributed by atoms with E-state index in [1.807, 2.05) is 22.8 Å². The first-order valence-corrected chi connectivity index (χ1v) is 6.71. The molecule has 4 nitrogen and oxygen atoms in total. The first kappa shape index (κ1) is 14.2. The highest BCUT2D eigenvalue weighted by atomic mass is 35.5. The van der Waals surface area contributed by atoms with E-state index < -0.39 is 0 Å². The lowest BCUT2D eigenvalue weighted by Gasteiger charge is -2.25. The quantitative estimate of drug-likeness (QED) is 0.914. The molecule has 1 aromatic heterocycles. The van der Waals surface area contributed by atoms with Crippen LogP contribution in [0, 0.1) is 5.41 Å². The number of benzene rings is 1. The van der Waals surface area contributed by atoms with Crippen LogP contribution >= 0.6 is 11.6 Å². The Morgan fingerprint density at radius 3 is 2.84 bits per heavy atom. The van der Waals surface area contributed by atoms with E-state index in [4.69, 9.17) is 22.1 Å². The van der Waals surface area contributed by atoms with Crippen molar-refractivity contribution in [2.75, 3.05) is 19.5 Å². The number of para-hydroxylation sites is 1. The minimum atomic E-state index is 0.0834. The lowest BCUT2D eigenvalue weighted by Crippen LogP contribution is -2.22. The van der Waals surface area contributed by atoms with Crippen molar-refractivity contribution < 1.29 is 4.74 Å². The number of nitrogens with two attached hydrogens (primary N) is 1. The molecule has 104 valence electrons. The number of nitrogens with zero attached hydrogens (tertiary/aromatic N) is 2. The smallest absolute Gasteiger partial charge is 0.201 e. The van der Waals surface area contributed by atoms with Gasteiger partial charge in [0.1, 0.15) is 5.52 Å². The third kappa shape index (κ3) is 3.01. The van der Waals surface area contributed by atoms with Crippen LogP contribution in [-0.2, 0) is 11.3 Å². The Hall–Kier alpha value is -1.26. The van der Waals surface area contributed by atoms with Crippen molar-refractivity contribution in [1.82, 2.24) is 9.55 Å². The van der Waals surface area contributed by atoms with E-state index in [2.05, 4.69) is 18.8 Å². The minimum Gasteiger partial charge on any atom is -0.385 e. The first-order valence-electron chi connectivity index (χ1n) is 6.34. The molecule has 0 aliphatic rings. The van der Waals surface area contributed by atoms with Crippen LogP contribution in [-0.4, -0.2) is 23.3 Å². The predicted octanol–water partition coefficient (Wildman–Crippen LogP) is 3.33. The van der Waals surface area contributed by atoms with Gasteiger partial charge < -0.3 is 15.0 Å². The van der Waals surface area contributed by atoms with Crippen LogP contribution in [0.4, 0.5) is 5.95 Å². The highest BCUT2D eigenvalue weighted by Gasteiger charge is 2.21. The summed E-state index contributed by atoms with van der Waals surface area (Å²) in [5.41, 5.74) is 7.85. The van der Waals surface area contributed by atoms with Crippen molar-refractivity contribution in [2.45, 2.75) is 26.8 Å². The second-order valence-corrected chi connectivity index (χ2v) is 5.98. The van der Waals surface area contributed by atoms with Gasteiger partial charge in [-0.15, -0.1) is 0 Å². The van der Waals surface area contributed by atoms with E-state index in [1.54, 1.807) is 7.11 Å². The highest BCUT2D eigenvalue weighted by Crippen LogP contribution is 2.30. The maximum atomic E-state index is 6.15. The SMILES string of the molecule is COCCC(C)(C)Cn1c(N)nc2c(Cl)cccc21. The topological polar surface area (TPSA) is 53.1 Å². The lowest BCUT2D eigenvalue weighted by molar-refractivity contribution is 0.143. The van der Waals surface area contributed by atoms with Crippen molar-refractivity contribution >= 4 is 28.6 Å². The maximum absolute atomic E-state index is 6.15. The molecule has 0 amide bonds. The number of rotatable bonds is 5. The van der Waals surface area contributed by atoms with Gasteiger partial charge in [-0.25, -0.2) is 4.98 Å². The second-order valence-electron chi connectivity index (χ2n) is 5.57. The molecule has 0 aliphatic carbocycles. The second kappa shape index (κ2) is 5.39. The standard InChI is InChI=1S/C14H20ClN3O/c1-14(2,7-8-19-3)9-18-11-6-4-5-10(15)12(11)17-13(18)16/h4-6H,7-9H2,1-3H3,(H2,16,17). The highest BCUT2D eigenvalue weighted by molar-refractivity contribution is 6.35. The molecule has 1 heterocycles. The largest absolute Gasteiger partial charge is 0.385 e. The van der Waals surface area contributed by atoms with Crippen LogP contribution in [0.2, 0.25) is 5.02 Å². The van der Waals surface area contributed by atoms with Gasteiger partial charge in [0.25, 0.3) is 0 Å². The fourth-order valence-electron chi connectivity index (χ4n) is 2.18. The number of anilines is 1. The van der Waals surface area contributed by atoms with Gasteiger partial charge in [-0.1, -0.05) is 31.5 Å². The molecule has 2 N–H and O–H groups in total. The summed E-state index contributed by atoms with van der Waals surface area (Å²) in [7, 11) is 1.72. The van der Waals surface area contributed by atoms with Crippen LogP contribution in [0.3, 0.4) is 0 Å². The minimum absolute atomic E-state index is 0.0834. The van der Waals surface area contributed by atoms with Crippen LogP contribution in [0.25, 0.3) is 11.0 Å². The van der Waals surface area contributed by atoms with Crippen LogP contribution in [0.1, 0.15) is 20.3 Å². The van der Waals surface area contributed by atoms with E-state index in [-0.39, 0.29) is 5.41 Å². The summed E-state index contributed by atoms with van der Waals surface area (Å²) >= 11 is 6.15. The number of fused-ring (bicyclic) bond motifs is 1. The molecule has 0 radical (unpaired) electrons. The zero-order valence-electron chi connectivity index (χ0n) is 11.6. The van der Waals surface area contributed by atoms with Crippen LogP contribution in [0.15, 0.2) is 18.2 Å². The Morgan fingerprint density at radius 2 is 2.16 bits per heavy atom. The number of ether oxygens (including phenoxy) is 1. The van der Waals surface area contributed by atoms with E-state index in [1.165, 1.54) is 0 Å². The Kier molecular flexibility index (Phi) is 4.02. The monoisotopic (exact) mass is 281 g/mol. The van der Waals surface area contributed by atoms with Gasteiger partial charge in [0.05, 0.1) is 10.5 Å². The molecule has 0 unspecified atom stereocenters. The number of imidazole rings is 1. The molecule has 0 saturated heterocycles. The maximum Gasteiger partial charge on any atom is 0.201 e. The lowest BCUT2D eigenvalue weighted by atomic mass is 9.89. The molecule has 1 aromatic carbocycles. The van der Waals surface area contributed by atoms with E-state index in [0.29, 0.717) is 11.0 Å². The van der Waals surface area contributed by atoms with Crippen molar-refractivity contribution in [3.8, 4) is 0 Å². The number of nitrogen functional groups attached to an aromatic ring is 1. The zero-order valence-corrected chi connectivity index (χ0v) is 12.4. The normalized spacial score (nSPS) is 12.2. The molecular formula is C14H20ClN3O. The fourth-order valence-corrected chi connectivity index (χ4v) is 2.39. The Labute approximate surface area is 118 Å². The van der Waals surface area contributed by atoms with Gasteiger partial charge >= 0.3 is 0 Å². The summed E-state index contributed by atoms with van der Waals surface area (Å²) in [6, 6.07) is 5.75. The number of hydrogen-bond donors (Lipinski definition) is 1. The third-order valence-electron chi connectivity index (χ3n) is 3.33. The molecule has 19 heavy (non-hydrogen) atoms. The molecule has 0 aliphatic heterocycles. The number of aromatic nitrogens is 2. The van der Waals surface area contributed by atoms with Gasteiger partial charge in [0.2, 0.25) is 5.95 Å². The van der Waals surface area contributed by atoms with Gasteiger partial charge in [-0.2, -0.15) is 0 Å². The van der Waals surface area contributed by atoms with Crippen molar-refractivity contribution in [2.24, 2.45) is 5.41 Å². The Balaban J connectivity index is 2.35. The van der Waals surface area contributed by atoms with Crippen LogP contribution in [0.5, 0.6) is 0 Å². The molecule has 2 rings (SSSR count). The molecule has 0 bridgehead atoms. The summed E-state index contributed by atoms with van der Waals surface area (Å²) in [5, 5.41) is 0.637. The number of halogens is 1. The molecule has 0 saturated carbocycles. The Morgan fingerprint density at radius 1 is 1.42 bits per heavy atom. The number of methoxy groups -OCH3 is 1. The molecule has 0 fully saturated rings. The summed E-state index contributed by atoms with van der Waals surface area (Å²) in [6.07, 6.45) is 0.961. The van der Waals surface area contributed by atoms with Crippen molar-refractivity contribution in [3.63, 3.8) is 0 Å². The van der Waals surface area contributed by atoms with E-state index in [9.17, 15) is 0 Å². The average Bonchev–Trinajstić information content (AvgIpc) is 2.66. The molecule has 0 spiro atoms. The first-order chi connectivity index (χ1) is 8.94. The van der Waals surface area contributed by atoms with Gasteiger partial charge in [-0.05, 0) is 24.0 Å². The van der Waals surface area contributed by atoms with E-state index >= 15 is 0 Å². The fraction of sp³-hybridized carbons (Fsp3) is 0.500. The summed E-state index contributed by atoms with van der Waals surface area (Å²) in [5.74, 6) is 0.508. The van der Waals surface area contributed by atoms with E-state index in [0.717, 1.165) is 30.6 Å². The zero-order chi connectivity index (χ0) is 14.0. The molecular weight excluding hydrogens is 262 g/mol. The average molecular weight is 282 g/mol. The summed E-state index contributed by atoms with van der Waals surface area (Å²) in [4.78, 5) is 4.35. The molecule has 5 heteroatoms. The van der Waals surface area contributed by atoms with Gasteiger partial charge in [-0.3, -0.25) is 0 Å². The third-order valence-corrected chi connectivity index (χ3v) is 3.63. The number of hydrogen-bond acceptors (Lipinski definition) is 3. The molecule has 2 aromatic rings. The van der Waals surface area contributed by atoms with Crippen LogP contribution < -0.4 is 5.73 Å². The Bertz CT molecular complexity index is 577. The van der Waals surface area contributed by atoms with Crippen molar-refractivity contribution in [3.05, 3.63) is 23.2 Å². The van der Waals surface area contributed by atoms with Gasteiger partial charge in [0.15, 0.2) is 0 Å². The predicted molar refractivity (Wildman–Crippen MR) is 79.4 cm³/mol. The molecule has 0 atom stereocenters. The van der Waals surface area contributed by atoms with Gasteiger partial charge in [0, 0.05) is 20.3 Å². The summed E-state index contributed by atoms with van der Waals surface area (Å²) in [6.45, 7) is 5.92. The summed E-state index contributed by atoms with van der Waals surface area (Å²) < 4.78 is 7.18. The van der Waals surface area contributed by atoms with Crippen molar-refractivity contribution in [1.29, 1.82) is 0 Å².